The third-order valence-electron chi connectivity index (χ3n) is 5.55. The average molecular weight is 465 g/mol. The molecule has 170 valence electrons. The van der Waals surface area contributed by atoms with Crippen molar-refractivity contribution in [2.75, 3.05) is 25.5 Å². The second kappa shape index (κ2) is 9.91. The number of esters is 1. The molecule has 0 spiro atoms. The first kappa shape index (κ1) is 22.6. The van der Waals surface area contributed by atoms with Gasteiger partial charge >= 0.3 is 5.97 Å². The van der Waals surface area contributed by atoms with Crippen LogP contribution in [-0.4, -0.2) is 52.9 Å². The summed E-state index contributed by atoms with van der Waals surface area (Å²) in [5, 5.41) is 3.64. The Kier molecular flexibility index (Phi) is 6.79. The number of ether oxygens (including phenoxy) is 1. The fourth-order valence-corrected chi connectivity index (χ4v) is 4.80. The third kappa shape index (κ3) is 5.09. The molecule has 1 N–H and O–H groups in total. The van der Waals surface area contributed by atoms with Crippen molar-refractivity contribution in [2.24, 2.45) is 5.92 Å². The average Bonchev–Trinajstić information content (AvgIpc) is 3.25. The quantitative estimate of drug-likeness (QED) is 0.577. The van der Waals surface area contributed by atoms with E-state index in [-0.39, 0.29) is 17.7 Å². The van der Waals surface area contributed by atoms with Gasteiger partial charge in [-0.25, -0.2) is 9.78 Å². The van der Waals surface area contributed by atoms with Crippen LogP contribution in [0.25, 0.3) is 10.6 Å². The predicted octanol–water partition coefficient (Wildman–Crippen LogP) is 3.79. The summed E-state index contributed by atoms with van der Waals surface area (Å²) >= 11 is 1.35. The number of likely N-dealkylation sites (tertiary alicyclic amines) is 1. The molecule has 3 heterocycles. The Morgan fingerprint density at radius 2 is 1.97 bits per heavy atom. The number of thiazole rings is 1. The maximum atomic E-state index is 13.2. The van der Waals surface area contributed by atoms with Gasteiger partial charge in [0.05, 0.1) is 24.3 Å². The Balaban J connectivity index is 1.42. The van der Waals surface area contributed by atoms with Crippen molar-refractivity contribution >= 4 is 34.8 Å². The molecule has 9 heteroatoms. The van der Waals surface area contributed by atoms with Crippen molar-refractivity contribution in [3.05, 3.63) is 64.9 Å². The van der Waals surface area contributed by atoms with Crippen LogP contribution in [0.2, 0.25) is 0 Å². The van der Waals surface area contributed by atoms with Gasteiger partial charge in [0.2, 0.25) is 5.91 Å². The number of methoxy groups -OCH3 is 1. The van der Waals surface area contributed by atoms with Crippen molar-refractivity contribution in [2.45, 2.75) is 19.8 Å². The van der Waals surface area contributed by atoms with Crippen LogP contribution in [0, 0.1) is 12.8 Å². The maximum absolute atomic E-state index is 13.2. The van der Waals surface area contributed by atoms with E-state index in [9.17, 15) is 14.4 Å². The number of anilines is 1. The number of hydrogen-bond donors (Lipinski definition) is 1. The molecule has 1 aromatic carbocycles. The van der Waals surface area contributed by atoms with E-state index >= 15 is 0 Å². The Morgan fingerprint density at radius 1 is 1.18 bits per heavy atom. The summed E-state index contributed by atoms with van der Waals surface area (Å²) < 4.78 is 4.69. The van der Waals surface area contributed by atoms with Gasteiger partial charge in [0.25, 0.3) is 5.91 Å². The fraction of sp³-hybridized carbons (Fsp3) is 0.292. The van der Waals surface area contributed by atoms with Crippen LogP contribution in [0.5, 0.6) is 0 Å². The van der Waals surface area contributed by atoms with Gasteiger partial charge in [-0.3, -0.25) is 14.6 Å². The molecular formula is C24H24N4O4S. The lowest BCUT2D eigenvalue weighted by molar-refractivity contribution is -0.121. The highest BCUT2D eigenvalue weighted by molar-refractivity contribution is 7.17. The van der Waals surface area contributed by atoms with Crippen LogP contribution in [0.4, 0.5) is 5.69 Å². The fourth-order valence-electron chi connectivity index (χ4n) is 3.78. The molecule has 0 bridgehead atoms. The highest BCUT2D eigenvalue weighted by Gasteiger charge is 2.31. The number of nitrogens with zero attached hydrogens (tertiary/aromatic N) is 3. The van der Waals surface area contributed by atoms with Gasteiger partial charge in [-0.15, -0.1) is 11.3 Å². The van der Waals surface area contributed by atoms with Gasteiger partial charge in [0, 0.05) is 36.7 Å². The van der Waals surface area contributed by atoms with Crippen LogP contribution in [0.15, 0.2) is 48.8 Å². The number of hydrogen-bond acceptors (Lipinski definition) is 7. The van der Waals surface area contributed by atoms with E-state index in [0.717, 1.165) is 17.0 Å². The van der Waals surface area contributed by atoms with E-state index < -0.39 is 5.97 Å². The summed E-state index contributed by atoms with van der Waals surface area (Å²) in [7, 11) is 1.32. The smallest absolute Gasteiger partial charge is 0.337 e. The highest BCUT2D eigenvalue weighted by atomic mass is 32.1. The number of nitrogens with one attached hydrogen (secondary N) is 1. The number of piperidine rings is 1. The van der Waals surface area contributed by atoms with Crippen molar-refractivity contribution in [1.82, 2.24) is 14.9 Å². The second-order valence-corrected chi connectivity index (χ2v) is 8.82. The standard InChI is InChI=1S/C24H24N4O4S/c1-15-20(33-22(26-15)17-5-3-11-25-13-17)23(30)28-12-4-6-18(14-28)21(29)27-19-9-7-16(8-10-19)24(31)32-2/h3,5,7-11,13,18H,4,6,12,14H2,1-2H3,(H,27,29). The molecule has 1 unspecified atom stereocenters. The van der Waals surface area contributed by atoms with E-state index in [1.165, 1.54) is 18.4 Å². The first-order valence-corrected chi connectivity index (χ1v) is 11.4. The van der Waals surface area contributed by atoms with Crippen molar-refractivity contribution in [3.8, 4) is 10.6 Å². The van der Waals surface area contributed by atoms with E-state index in [2.05, 4.69) is 20.0 Å². The monoisotopic (exact) mass is 464 g/mol. The zero-order chi connectivity index (χ0) is 23.4. The molecule has 4 rings (SSSR count). The van der Waals surface area contributed by atoms with Crippen LogP contribution < -0.4 is 5.32 Å². The number of benzene rings is 1. The summed E-state index contributed by atoms with van der Waals surface area (Å²) in [4.78, 5) is 48.6. The van der Waals surface area contributed by atoms with Gasteiger partial charge in [-0.1, -0.05) is 0 Å². The minimum Gasteiger partial charge on any atom is -0.465 e. The highest BCUT2D eigenvalue weighted by Crippen LogP contribution is 2.29. The summed E-state index contributed by atoms with van der Waals surface area (Å²) in [5.41, 5.74) is 2.56. The largest absolute Gasteiger partial charge is 0.465 e. The number of aryl methyl sites for hydroxylation is 1. The molecule has 0 radical (unpaired) electrons. The second-order valence-electron chi connectivity index (χ2n) is 7.82. The molecule has 1 saturated heterocycles. The van der Waals surface area contributed by atoms with Crippen LogP contribution in [0.1, 0.15) is 38.6 Å². The van der Waals surface area contributed by atoms with Gasteiger partial charge < -0.3 is 15.0 Å². The van der Waals surface area contributed by atoms with Crippen LogP contribution in [-0.2, 0) is 9.53 Å². The van der Waals surface area contributed by atoms with Gasteiger partial charge in [-0.05, 0) is 56.2 Å². The van der Waals surface area contributed by atoms with Crippen molar-refractivity contribution < 1.29 is 19.1 Å². The zero-order valence-electron chi connectivity index (χ0n) is 18.4. The number of pyridine rings is 1. The minimum atomic E-state index is -0.431. The first-order valence-electron chi connectivity index (χ1n) is 10.6. The predicted molar refractivity (Wildman–Crippen MR) is 125 cm³/mol. The number of carbonyl (C=O) groups excluding carboxylic acids is 3. The normalized spacial score (nSPS) is 15.7. The molecular weight excluding hydrogens is 440 g/mol. The number of carbonyl (C=O) groups is 3. The Morgan fingerprint density at radius 3 is 2.67 bits per heavy atom. The lowest BCUT2D eigenvalue weighted by Gasteiger charge is -2.31. The zero-order valence-corrected chi connectivity index (χ0v) is 19.2. The molecule has 0 saturated carbocycles. The molecule has 1 fully saturated rings. The first-order chi connectivity index (χ1) is 16.0. The van der Waals surface area contributed by atoms with Gasteiger partial charge in [0.15, 0.2) is 0 Å². The SMILES string of the molecule is COC(=O)c1ccc(NC(=O)C2CCCN(C(=O)c3sc(-c4cccnc4)nc3C)C2)cc1. The van der Waals surface area contributed by atoms with E-state index in [4.69, 9.17) is 0 Å². The lowest BCUT2D eigenvalue weighted by Crippen LogP contribution is -2.43. The lowest BCUT2D eigenvalue weighted by atomic mass is 9.96. The minimum absolute atomic E-state index is 0.0972. The summed E-state index contributed by atoms with van der Waals surface area (Å²) in [5.74, 6) is -0.983. The maximum Gasteiger partial charge on any atom is 0.337 e. The van der Waals surface area contributed by atoms with Gasteiger partial charge in [0.1, 0.15) is 9.88 Å². The summed E-state index contributed by atoms with van der Waals surface area (Å²) in [6.07, 6.45) is 4.88. The van der Waals surface area contributed by atoms with Crippen molar-refractivity contribution in [3.63, 3.8) is 0 Å². The summed E-state index contributed by atoms with van der Waals surface area (Å²) in [6.45, 7) is 2.79. The molecule has 3 aromatic rings. The molecule has 8 nitrogen and oxygen atoms in total. The van der Waals surface area contributed by atoms with Crippen molar-refractivity contribution in [1.29, 1.82) is 0 Å². The molecule has 0 aliphatic carbocycles. The number of aromatic nitrogens is 2. The van der Waals surface area contributed by atoms with Crippen LogP contribution in [0.3, 0.4) is 0 Å². The van der Waals surface area contributed by atoms with E-state index in [1.807, 2.05) is 19.1 Å². The Hall–Kier alpha value is -3.59. The summed E-state index contributed by atoms with van der Waals surface area (Å²) in [6, 6.07) is 10.3. The Labute approximate surface area is 195 Å². The molecule has 1 atom stereocenters. The topological polar surface area (TPSA) is 101 Å². The molecule has 2 aromatic heterocycles. The van der Waals surface area contributed by atoms with Gasteiger partial charge in [-0.2, -0.15) is 0 Å². The Bertz CT molecular complexity index is 1160. The number of amides is 2. The van der Waals surface area contributed by atoms with E-state index in [1.54, 1.807) is 41.6 Å². The molecule has 1 aliphatic rings. The molecule has 33 heavy (non-hydrogen) atoms. The van der Waals surface area contributed by atoms with E-state index in [0.29, 0.717) is 41.3 Å². The number of rotatable bonds is 5. The molecule has 2 amide bonds. The third-order valence-corrected chi connectivity index (χ3v) is 6.75. The van der Waals surface area contributed by atoms with Crippen LogP contribution >= 0.6 is 11.3 Å². The molecule has 1 aliphatic heterocycles.